The molecule has 3 rings (SSSR count). The van der Waals surface area contributed by atoms with E-state index in [2.05, 4.69) is 35.3 Å². The number of oxazole rings is 1. The molecule has 4 nitrogen and oxygen atoms in total. The van der Waals surface area contributed by atoms with Gasteiger partial charge >= 0.3 is 0 Å². The number of amides is 1. The van der Waals surface area contributed by atoms with Crippen molar-refractivity contribution in [2.24, 2.45) is 5.92 Å². The summed E-state index contributed by atoms with van der Waals surface area (Å²) in [5.74, 6) is 1.02. The Bertz CT molecular complexity index is 558. The number of likely N-dealkylation sites (tertiary alicyclic amines) is 1. The zero-order valence-corrected chi connectivity index (χ0v) is 12.1. The molecule has 1 aliphatic rings. The van der Waals surface area contributed by atoms with Gasteiger partial charge in [0.15, 0.2) is 6.39 Å². The lowest BCUT2D eigenvalue weighted by molar-refractivity contribution is 0.0655. The molecule has 1 aliphatic heterocycles. The van der Waals surface area contributed by atoms with E-state index in [1.807, 2.05) is 4.90 Å². The van der Waals surface area contributed by atoms with Gasteiger partial charge in [-0.25, -0.2) is 4.98 Å². The van der Waals surface area contributed by atoms with Gasteiger partial charge in [-0.15, -0.1) is 0 Å². The normalized spacial score (nSPS) is 16.1. The van der Waals surface area contributed by atoms with Gasteiger partial charge in [0.25, 0.3) is 5.91 Å². The summed E-state index contributed by atoms with van der Waals surface area (Å²) in [6, 6.07) is 10.6. The number of hydrogen-bond acceptors (Lipinski definition) is 3. The number of aryl methyl sites for hydroxylation is 1. The van der Waals surface area contributed by atoms with Crippen LogP contribution in [0.25, 0.3) is 0 Å². The number of carbonyl (C=O) groups is 1. The Labute approximate surface area is 124 Å². The number of carbonyl (C=O) groups excluding carboxylic acids is 1. The highest BCUT2D eigenvalue weighted by Gasteiger charge is 2.24. The molecule has 2 heterocycles. The minimum atomic E-state index is -0.0333. The van der Waals surface area contributed by atoms with Crippen LogP contribution in [0.5, 0.6) is 0 Å². The van der Waals surface area contributed by atoms with Crippen LogP contribution in [0.1, 0.15) is 35.4 Å². The molecule has 1 fully saturated rings. The maximum Gasteiger partial charge on any atom is 0.291 e. The third-order valence-corrected chi connectivity index (χ3v) is 4.23. The third-order valence-electron chi connectivity index (χ3n) is 4.23. The van der Waals surface area contributed by atoms with E-state index in [1.165, 1.54) is 24.6 Å². The van der Waals surface area contributed by atoms with Gasteiger partial charge < -0.3 is 9.32 Å². The fourth-order valence-electron chi connectivity index (χ4n) is 2.92. The highest BCUT2D eigenvalue weighted by Crippen LogP contribution is 2.23. The Hall–Kier alpha value is -2.10. The molecule has 1 aromatic carbocycles. The van der Waals surface area contributed by atoms with Crippen molar-refractivity contribution in [3.8, 4) is 0 Å². The van der Waals surface area contributed by atoms with Gasteiger partial charge in [-0.1, -0.05) is 30.3 Å². The summed E-state index contributed by atoms with van der Waals surface area (Å²) >= 11 is 0. The van der Waals surface area contributed by atoms with Crippen LogP contribution in [0.4, 0.5) is 0 Å². The topological polar surface area (TPSA) is 46.3 Å². The second kappa shape index (κ2) is 6.57. The molecule has 0 atom stereocenters. The number of piperidine rings is 1. The molecule has 0 bridgehead atoms. The predicted octanol–water partition coefficient (Wildman–Crippen LogP) is 3.16. The molecule has 21 heavy (non-hydrogen) atoms. The zero-order valence-electron chi connectivity index (χ0n) is 12.1. The minimum Gasteiger partial charge on any atom is -0.438 e. The monoisotopic (exact) mass is 284 g/mol. The zero-order chi connectivity index (χ0) is 14.5. The molecular formula is C17H20N2O2. The van der Waals surface area contributed by atoms with Crippen LogP contribution in [0, 0.1) is 5.92 Å². The average molecular weight is 284 g/mol. The summed E-state index contributed by atoms with van der Waals surface area (Å²) in [7, 11) is 0. The average Bonchev–Trinajstić information content (AvgIpc) is 3.08. The molecular weight excluding hydrogens is 264 g/mol. The van der Waals surface area contributed by atoms with Gasteiger partial charge in [-0.3, -0.25) is 4.79 Å². The van der Waals surface area contributed by atoms with Gasteiger partial charge in [0.2, 0.25) is 5.76 Å². The van der Waals surface area contributed by atoms with Gasteiger partial charge in [-0.2, -0.15) is 0 Å². The summed E-state index contributed by atoms with van der Waals surface area (Å²) in [6.07, 6.45) is 7.28. The van der Waals surface area contributed by atoms with Crippen LogP contribution in [0.15, 0.2) is 47.3 Å². The third kappa shape index (κ3) is 3.51. The molecule has 2 aromatic rings. The van der Waals surface area contributed by atoms with E-state index in [1.54, 1.807) is 0 Å². The standard InChI is InChI=1S/C17H20N2O2/c20-17(16-12-18-13-21-16)19-10-8-15(9-11-19)7-6-14-4-2-1-3-5-14/h1-5,12-13,15H,6-11H2. The highest BCUT2D eigenvalue weighted by molar-refractivity contribution is 5.91. The van der Waals surface area contributed by atoms with Crippen molar-refractivity contribution in [1.29, 1.82) is 0 Å². The number of hydrogen-bond donors (Lipinski definition) is 0. The number of aromatic nitrogens is 1. The van der Waals surface area contributed by atoms with E-state index >= 15 is 0 Å². The SMILES string of the molecule is O=C(c1cnco1)N1CCC(CCc2ccccc2)CC1. The molecule has 1 saturated heterocycles. The van der Waals surface area contributed by atoms with Crippen molar-refractivity contribution in [3.05, 3.63) is 54.2 Å². The fraction of sp³-hybridized carbons (Fsp3) is 0.412. The Kier molecular flexibility index (Phi) is 4.34. The largest absolute Gasteiger partial charge is 0.438 e. The molecule has 110 valence electrons. The van der Waals surface area contributed by atoms with Crippen molar-refractivity contribution in [2.75, 3.05) is 13.1 Å². The lowest BCUT2D eigenvalue weighted by Crippen LogP contribution is -2.38. The van der Waals surface area contributed by atoms with Crippen molar-refractivity contribution < 1.29 is 9.21 Å². The number of nitrogens with zero attached hydrogens (tertiary/aromatic N) is 2. The van der Waals surface area contributed by atoms with E-state index < -0.39 is 0 Å². The van der Waals surface area contributed by atoms with Crippen molar-refractivity contribution >= 4 is 5.91 Å². The Morgan fingerprint density at radius 1 is 1.24 bits per heavy atom. The lowest BCUT2D eigenvalue weighted by atomic mass is 9.90. The minimum absolute atomic E-state index is 0.0333. The second-order valence-electron chi connectivity index (χ2n) is 5.63. The fourth-order valence-corrected chi connectivity index (χ4v) is 2.92. The first-order valence-electron chi connectivity index (χ1n) is 7.54. The van der Waals surface area contributed by atoms with Crippen LogP contribution < -0.4 is 0 Å². The first kappa shape index (κ1) is 13.9. The van der Waals surface area contributed by atoms with E-state index in [9.17, 15) is 4.79 Å². The maximum absolute atomic E-state index is 12.1. The molecule has 0 N–H and O–H groups in total. The predicted molar refractivity (Wildman–Crippen MR) is 79.9 cm³/mol. The Morgan fingerprint density at radius 2 is 2.00 bits per heavy atom. The van der Waals surface area contributed by atoms with Gasteiger partial charge in [-0.05, 0) is 37.2 Å². The van der Waals surface area contributed by atoms with Crippen LogP contribution in [0.3, 0.4) is 0 Å². The number of rotatable bonds is 4. The van der Waals surface area contributed by atoms with Gasteiger partial charge in [0.05, 0.1) is 6.20 Å². The second-order valence-corrected chi connectivity index (χ2v) is 5.63. The van der Waals surface area contributed by atoms with Crippen LogP contribution in [0.2, 0.25) is 0 Å². The summed E-state index contributed by atoms with van der Waals surface area (Å²) in [5, 5.41) is 0. The lowest BCUT2D eigenvalue weighted by Gasteiger charge is -2.31. The first-order chi connectivity index (χ1) is 10.3. The Balaban J connectivity index is 1.46. The molecule has 1 amide bonds. The molecule has 4 heteroatoms. The molecule has 1 aromatic heterocycles. The van der Waals surface area contributed by atoms with Crippen LogP contribution >= 0.6 is 0 Å². The van der Waals surface area contributed by atoms with Crippen LogP contribution in [-0.4, -0.2) is 28.9 Å². The van der Waals surface area contributed by atoms with Crippen LogP contribution in [-0.2, 0) is 6.42 Å². The van der Waals surface area contributed by atoms with Gasteiger partial charge in [0.1, 0.15) is 0 Å². The van der Waals surface area contributed by atoms with E-state index in [0.717, 1.165) is 32.4 Å². The van der Waals surface area contributed by atoms with E-state index in [0.29, 0.717) is 11.7 Å². The van der Waals surface area contributed by atoms with Crippen molar-refractivity contribution in [1.82, 2.24) is 9.88 Å². The molecule has 0 unspecified atom stereocenters. The van der Waals surface area contributed by atoms with E-state index in [4.69, 9.17) is 4.42 Å². The molecule has 0 saturated carbocycles. The molecule has 0 spiro atoms. The first-order valence-corrected chi connectivity index (χ1v) is 7.54. The summed E-state index contributed by atoms with van der Waals surface area (Å²) in [5.41, 5.74) is 1.40. The van der Waals surface area contributed by atoms with Gasteiger partial charge in [0, 0.05) is 13.1 Å². The summed E-state index contributed by atoms with van der Waals surface area (Å²) < 4.78 is 5.08. The molecule has 0 aliphatic carbocycles. The van der Waals surface area contributed by atoms with Crippen molar-refractivity contribution in [3.63, 3.8) is 0 Å². The quantitative estimate of drug-likeness (QED) is 0.866. The smallest absolute Gasteiger partial charge is 0.291 e. The summed E-state index contributed by atoms with van der Waals surface area (Å²) in [4.78, 5) is 17.8. The van der Waals surface area contributed by atoms with Crippen molar-refractivity contribution in [2.45, 2.75) is 25.7 Å². The van der Waals surface area contributed by atoms with E-state index in [-0.39, 0.29) is 5.91 Å². The Morgan fingerprint density at radius 3 is 2.67 bits per heavy atom. The summed E-state index contributed by atoms with van der Waals surface area (Å²) in [6.45, 7) is 1.64. The highest BCUT2D eigenvalue weighted by atomic mass is 16.3. The number of benzene rings is 1. The molecule has 0 radical (unpaired) electrons. The maximum atomic E-state index is 12.1.